The van der Waals surface area contributed by atoms with Crippen LogP contribution < -0.4 is 9.64 Å². The minimum absolute atomic E-state index is 0.248. The van der Waals surface area contributed by atoms with E-state index in [0.717, 1.165) is 17.0 Å². The van der Waals surface area contributed by atoms with Crippen LogP contribution >= 0.6 is 0 Å². The average Bonchev–Trinajstić information content (AvgIpc) is 2.62. The Balaban J connectivity index is 1.77. The van der Waals surface area contributed by atoms with Gasteiger partial charge in [0.15, 0.2) is 0 Å². The van der Waals surface area contributed by atoms with Gasteiger partial charge in [0.25, 0.3) is 0 Å². The Labute approximate surface area is 142 Å². The molecule has 24 heavy (non-hydrogen) atoms. The van der Waals surface area contributed by atoms with Crippen molar-refractivity contribution in [3.8, 4) is 11.8 Å². The van der Waals surface area contributed by atoms with Crippen LogP contribution in [0.3, 0.4) is 0 Å². The van der Waals surface area contributed by atoms with Crippen LogP contribution in [-0.4, -0.2) is 38.5 Å². The van der Waals surface area contributed by atoms with Gasteiger partial charge in [0.1, 0.15) is 5.75 Å². The highest BCUT2D eigenvalue weighted by Gasteiger charge is 2.09. The van der Waals surface area contributed by atoms with E-state index in [1.54, 1.807) is 19.2 Å². The number of anilines is 1. The number of nitriles is 1. The van der Waals surface area contributed by atoms with Crippen molar-refractivity contribution in [2.75, 3.05) is 32.2 Å². The van der Waals surface area contributed by atoms with E-state index >= 15 is 0 Å². The number of nitrogens with zero attached hydrogens (tertiary/aromatic N) is 2. The van der Waals surface area contributed by atoms with Crippen molar-refractivity contribution in [2.45, 2.75) is 12.7 Å². The summed E-state index contributed by atoms with van der Waals surface area (Å²) < 4.78 is 10.7. The lowest BCUT2D eigenvalue weighted by Gasteiger charge is -2.22. The maximum atomic E-state index is 10.1. The second-order valence-corrected chi connectivity index (χ2v) is 5.56. The number of methoxy groups -OCH3 is 1. The molecule has 0 amide bonds. The molecule has 0 aromatic heterocycles. The highest BCUT2D eigenvalue weighted by atomic mass is 16.5. The second-order valence-electron chi connectivity index (χ2n) is 5.56. The first-order valence-corrected chi connectivity index (χ1v) is 7.72. The summed E-state index contributed by atoms with van der Waals surface area (Å²) in [7, 11) is 3.52. The summed E-state index contributed by atoms with van der Waals surface area (Å²) >= 11 is 0. The molecule has 0 bridgehead atoms. The molecular formula is C19H22N2O3. The third-order valence-electron chi connectivity index (χ3n) is 3.63. The second kappa shape index (κ2) is 8.92. The highest BCUT2D eigenvalue weighted by Crippen LogP contribution is 2.15. The number of aliphatic hydroxyl groups is 1. The molecule has 0 spiro atoms. The molecule has 126 valence electrons. The Morgan fingerprint density at radius 1 is 1.21 bits per heavy atom. The molecule has 0 fully saturated rings. The molecule has 2 rings (SSSR count). The molecule has 5 nitrogen and oxygen atoms in total. The molecule has 2 aromatic rings. The van der Waals surface area contributed by atoms with Gasteiger partial charge in [-0.15, -0.1) is 0 Å². The number of benzene rings is 2. The predicted octanol–water partition coefficient (Wildman–Crippen LogP) is 2.58. The molecule has 2 aromatic carbocycles. The molecule has 0 radical (unpaired) electrons. The fraction of sp³-hybridized carbons (Fsp3) is 0.316. The molecule has 0 aliphatic heterocycles. The molecule has 0 aliphatic carbocycles. The molecule has 1 N–H and O–H groups in total. The van der Waals surface area contributed by atoms with Crippen molar-refractivity contribution in [3.05, 3.63) is 59.7 Å². The van der Waals surface area contributed by atoms with Crippen LogP contribution in [0.15, 0.2) is 48.5 Å². The van der Waals surface area contributed by atoms with Crippen LogP contribution in [0, 0.1) is 11.3 Å². The van der Waals surface area contributed by atoms with Crippen molar-refractivity contribution in [2.24, 2.45) is 0 Å². The van der Waals surface area contributed by atoms with E-state index in [4.69, 9.17) is 14.7 Å². The van der Waals surface area contributed by atoms with Gasteiger partial charge in [-0.1, -0.05) is 12.1 Å². The largest absolute Gasteiger partial charge is 0.497 e. The molecule has 5 heteroatoms. The lowest BCUT2D eigenvalue weighted by molar-refractivity contribution is 0.0324. The first-order valence-electron chi connectivity index (χ1n) is 7.72. The van der Waals surface area contributed by atoms with E-state index in [9.17, 15) is 5.11 Å². The van der Waals surface area contributed by atoms with Crippen LogP contribution in [0.2, 0.25) is 0 Å². The van der Waals surface area contributed by atoms with E-state index in [0.29, 0.717) is 18.7 Å². The number of aliphatic hydroxyl groups excluding tert-OH is 1. The van der Waals surface area contributed by atoms with Gasteiger partial charge in [-0.2, -0.15) is 5.26 Å². The maximum absolute atomic E-state index is 10.1. The zero-order chi connectivity index (χ0) is 17.4. The van der Waals surface area contributed by atoms with Crippen molar-refractivity contribution in [3.63, 3.8) is 0 Å². The molecule has 1 atom stereocenters. The SMILES string of the molecule is COc1cccc(COC[C@@H](O)CN(C)c2ccc(C#N)cc2)c1. The van der Waals surface area contributed by atoms with Crippen LogP contribution in [0.4, 0.5) is 5.69 Å². The minimum Gasteiger partial charge on any atom is -0.497 e. The molecule has 0 aliphatic rings. The Bertz CT molecular complexity index is 680. The molecule has 0 saturated carbocycles. The predicted molar refractivity (Wildman–Crippen MR) is 93.1 cm³/mol. The van der Waals surface area contributed by atoms with Crippen LogP contribution in [0.25, 0.3) is 0 Å². The zero-order valence-electron chi connectivity index (χ0n) is 14.0. The van der Waals surface area contributed by atoms with Crippen LogP contribution in [0.5, 0.6) is 5.75 Å². The number of hydrogen-bond acceptors (Lipinski definition) is 5. The average molecular weight is 326 g/mol. The lowest BCUT2D eigenvalue weighted by Crippen LogP contribution is -2.32. The Morgan fingerprint density at radius 2 is 1.96 bits per heavy atom. The van der Waals surface area contributed by atoms with E-state index in [1.165, 1.54) is 0 Å². The van der Waals surface area contributed by atoms with E-state index < -0.39 is 6.10 Å². The van der Waals surface area contributed by atoms with Crippen molar-refractivity contribution < 1.29 is 14.6 Å². The lowest BCUT2D eigenvalue weighted by atomic mass is 10.2. The summed E-state index contributed by atoms with van der Waals surface area (Å²) in [5.74, 6) is 0.789. The number of ether oxygens (including phenoxy) is 2. The Morgan fingerprint density at radius 3 is 2.62 bits per heavy atom. The zero-order valence-corrected chi connectivity index (χ0v) is 14.0. The number of likely N-dealkylation sites (N-methyl/N-ethyl adjacent to an activating group) is 1. The first-order chi connectivity index (χ1) is 11.6. The summed E-state index contributed by atoms with van der Waals surface area (Å²) in [6, 6.07) is 17.0. The maximum Gasteiger partial charge on any atom is 0.119 e. The van der Waals surface area contributed by atoms with E-state index in [-0.39, 0.29) is 6.61 Å². The van der Waals surface area contributed by atoms with Crippen molar-refractivity contribution >= 4 is 5.69 Å². The van der Waals surface area contributed by atoms with E-state index in [1.807, 2.05) is 48.3 Å². The third-order valence-corrected chi connectivity index (χ3v) is 3.63. The summed E-state index contributed by atoms with van der Waals surface area (Å²) in [4.78, 5) is 1.93. The van der Waals surface area contributed by atoms with Gasteiger partial charge in [0.2, 0.25) is 0 Å². The Kier molecular flexibility index (Phi) is 6.62. The van der Waals surface area contributed by atoms with Gasteiger partial charge in [0, 0.05) is 19.3 Å². The van der Waals surface area contributed by atoms with Crippen molar-refractivity contribution in [1.82, 2.24) is 0 Å². The van der Waals surface area contributed by atoms with Crippen LogP contribution in [-0.2, 0) is 11.3 Å². The molecule has 0 unspecified atom stereocenters. The standard InChI is InChI=1S/C19H22N2O3/c1-21(17-8-6-15(11-20)7-9-17)12-18(22)14-24-13-16-4-3-5-19(10-16)23-2/h3-10,18,22H,12-14H2,1-2H3/t18-/m0/s1. The van der Waals surface area contributed by atoms with Gasteiger partial charge in [0.05, 0.1) is 38.1 Å². The van der Waals surface area contributed by atoms with Gasteiger partial charge in [-0.05, 0) is 42.0 Å². The summed E-state index contributed by atoms with van der Waals surface area (Å²) in [5.41, 5.74) is 2.57. The smallest absolute Gasteiger partial charge is 0.119 e. The topological polar surface area (TPSA) is 65.7 Å². The molecular weight excluding hydrogens is 304 g/mol. The fourth-order valence-corrected chi connectivity index (χ4v) is 2.34. The summed E-state index contributed by atoms with van der Waals surface area (Å²) in [6.45, 7) is 1.12. The van der Waals surface area contributed by atoms with Crippen molar-refractivity contribution in [1.29, 1.82) is 5.26 Å². The summed E-state index contributed by atoms with van der Waals surface area (Å²) in [6.07, 6.45) is -0.601. The number of rotatable bonds is 8. The monoisotopic (exact) mass is 326 g/mol. The van der Waals surface area contributed by atoms with E-state index in [2.05, 4.69) is 6.07 Å². The summed E-state index contributed by atoms with van der Waals surface area (Å²) in [5, 5.41) is 18.9. The first kappa shape index (κ1) is 17.8. The fourth-order valence-electron chi connectivity index (χ4n) is 2.34. The van der Waals surface area contributed by atoms with Gasteiger partial charge in [-0.3, -0.25) is 0 Å². The Hall–Kier alpha value is -2.55. The highest BCUT2D eigenvalue weighted by molar-refractivity contribution is 5.49. The minimum atomic E-state index is -0.601. The molecule has 0 heterocycles. The third kappa shape index (κ3) is 5.27. The van der Waals surface area contributed by atoms with Crippen LogP contribution in [0.1, 0.15) is 11.1 Å². The van der Waals surface area contributed by atoms with Gasteiger partial charge in [-0.25, -0.2) is 0 Å². The molecule has 0 saturated heterocycles. The number of hydrogen-bond donors (Lipinski definition) is 1. The van der Waals surface area contributed by atoms with Gasteiger partial charge < -0.3 is 19.5 Å². The normalized spacial score (nSPS) is 11.6. The van der Waals surface area contributed by atoms with Gasteiger partial charge >= 0.3 is 0 Å². The quantitative estimate of drug-likeness (QED) is 0.808.